The summed E-state index contributed by atoms with van der Waals surface area (Å²) in [4.78, 5) is 10.4. The summed E-state index contributed by atoms with van der Waals surface area (Å²) in [5, 5.41) is 10.2. The minimum atomic E-state index is 0.116. The quantitative estimate of drug-likeness (QED) is 0.728. The third kappa shape index (κ3) is 3.46. The summed E-state index contributed by atoms with van der Waals surface area (Å²) >= 11 is 1.67. The molecule has 0 atom stereocenters. The molecule has 0 saturated carbocycles. The van der Waals surface area contributed by atoms with Crippen LogP contribution in [0.3, 0.4) is 0 Å². The first kappa shape index (κ1) is 16.0. The van der Waals surface area contributed by atoms with Crippen molar-refractivity contribution in [3.05, 3.63) is 11.4 Å². The van der Waals surface area contributed by atoms with Gasteiger partial charge in [-0.3, -0.25) is 0 Å². The van der Waals surface area contributed by atoms with Crippen molar-refractivity contribution in [2.24, 2.45) is 0 Å². The Labute approximate surface area is 131 Å². The Balaban J connectivity index is 2.38. The average Bonchev–Trinajstić information content (AvgIpc) is 2.99. The molecule has 2 N–H and O–H groups in total. The van der Waals surface area contributed by atoms with E-state index in [1.807, 2.05) is 0 Å². The van der Waals surface area contributed by atoms with Crippen LogP contribution in [0, 0.1) is 0 Å². The van der Waals surface area contributed by atoms with Crippen molar-refractivity contribution in [3.8, 4) is 0 Å². The van der Waals surface area contributed by atoms with E-state index in [2.05, 4.69) is 54.8 Å². The highest BCUT2D eigenvalue weighted by molar-refractivity contribution is 7.16. The topological polar surface area (TPSA) is 49.8 Å². The highest BCUT2D eigenvalue weighted by atomic mass is 32.1. The summed E-state index contributed by atoms with van der Waals surface area (Å²) in [5.41, 5.74) is 0.116. The van der Waals surface area contributed by atoms with Crippen LogP contribution < -0.4 is 10.6 Å². The second-order valence-corrected chi connectivity index (χ2v) is 6.32. The fraction of sp³-hybridized carbons (Fsp3) is 0.625. The standard InChI is InChI=1S/C16H26N4S/c1-5-10-17-15-18-13(12-9-11-21-14(12)19-15)20-16(6-2,7-3)8-4/h9,11H,5-8,10H2,1-4H3,(H2,17,18,19,20). The number of fused-ring (bicyclic) bond motifs is 1. The molecule has 116 valence electrons. The number of anilines is 2. The zero-order valence-corrected chi connectivity index (χ0v) is 14.3. The Morgan fingerprint density at radius 1 is 1.10 bits per heavy atom. The smallest absolute Gasteiger partial charge is 0.226 e. The Hall–Kier alpha value is -1.36. The first-order chi connectivity index (χ1) is 10.2. The molecule has 21 heavy (non-hydrogen) atoms. The number of hydrogen-bond acceptors (Lipinski definition) is 5. The number of hydrogen-bond donors (Lipinski definition) is 2. The Morgan fingerprint density at radius 3 is 2.43 bits per heavy atom. The Kier molecular flexibility index (Phi) is 5.39. The van der Waals surface area contributed by atoms with Crippen LogP contribution in [-0.4, -0.2) is 22.1 Å². The monoisotopic (exact) mass is 306 g/mol. The third-order valence-corrected chi connectivity index (χ3v) is 5.08. The van der Waals surface area contributed by atoms with E-state index in [0.29, 0.717) is 0 Å². The number of aromatic nitrogens is 2. The maximum absolute atomic E-state index is 4.71. The van der Waals surface area contributed by atoms with Crippen molar-refractivity contribution >= 4 is 33.3 Å². The number of thiophene rings is 1. The molecule has 0 amide bonds. The van der Waals surface area contributed by atoms with Gasteiger partial charge in [-0.25, -0.2) is 4.98 Å². The molecule has 0 aromatic carbocycles. The molecule has 0 spiro atoms. The van der Waals surface area contributed by atoms with E-state index in [1.165, 1.54) is 0 Å². The van der Waals surface area contributed by atoms with E-state index in [1.54, 1.807) is 11.3 Å². The summed E-state index contributed by atoms with van der Waals surface area (Å²) in [6.45, 7) is 9.76. The van der Waals surface area contributed by atoms with Crippen molar-refractivity contribution < 1.29 is 0 Å². The molecule has 0 aliphatic heterocycles. The predicted octanol–water partition coefficient (Wildman–Crippen LogP) is 4.89. The molecule has 0 fully saturated rings. The zero-order chi connectivity index (χ0) is 15.3. The molecule has 0 unspecified atom stereocenters. The summed E-state index contributed by atoms with van der Waals surface area (Å²) in [5.74, 6) is 1.69. The van der Waals surface area contributed by atoms with Crippen molar-refractivity contribution in [2.45, 2.75) is 58.9 Å². The normalized spacial score (nSPS) is 11.8. The minimum absolute atomic E-state index is 0.116. The van der Waals surface area contributed by atoms with Gasteiger partial charge >= 0.3 is 0 Å². The van der Waals surface area contributed by atoms with Gasteiger partial charge in [-0.15, -0.1) is 11.3 Å². The summed E-state index contributed by atoms with van der Waals surface area (Å²) < 4.78 is 0. The number of nitrogens with zero attached hydrogens (tertiary/aromatic N) is 2. The molecular formula is C16H26N4S. The van der Waals surface area contributed by atoms with Crippen LogP contribution in [0.25, 0.3) is 10.2 Å². The first-order valence-corrected chi connectivity index (χ1v) is 8.83. The van der Waals surface area contributed by atoms with Crippen LogP contribution in [0.2, 0.25) is 0 Å². The molecule has 5 heteroatoms. The van der Waals surface area contributed by atoms with Crippen LogP contribution >= 0.6 is 11.3 Å². The van der Waals surface area contributed by atoms with Crippen LogP contribution in [0.1, 0.15) is 53.4 Å². The molecule has 2 rings (SSSR count). The Bertz CT molecular complexity index is 566. The highest BCUT2D eigenvalue weighted by Gasteiger charge is 2.25. The fourth-order valence-corrected chi connectivity index (χ4v) is 3.30. The van der Waals surface area contributed by atoms with Gasteiger partial charge in [0, 0.05) is 12.1 Å². The minimum Gasteiger partial charge on any atom is -0.364 e. The highest BCUT2D eigenvalue weighted by Crippen LogP contribution is 2.31. The lowest BCUT2D eigenvalue weighted by Gasteiger charge is -2.32. The summed E-state index contributed by atoms with van der Waals surface area (Å²) in [6.07, 6.45) is 4.34. The van der Waals surface area contributed by atoms with Gasteiger partial charge in [0.1, 0.15) is 10.6 Å². The maximum Gasteiger partial charge on any atom is 0.226 e. The van der Waals surface area contributed by atoms with E-state index >= 15 is 0 Å². The van der Waals surface area contributed by atoms with E-state index in [9.17, 15) is 0 Å². The molecule has 0 aliphatic rings. The summed E-state index contributed by atoms with van der Waals surface area (Å²) in [7, 11) is 0. The van der Waals surface area contributed by atoms with E-state index in [4.69, 9.17) is 4.98 Å². The van der Waals surface area contributed by atoms with Crippen LogP contribution in [-0.2, 0) is 0 Å². The van der Waals surface area contributed by atoms with Crippen LogP contribution in [0.15, 0.2) is 11.4 Å². The van der Waals surface area contributed by atoms with Crippen LogP contribution in [0.4, 0.5) is 11.8 Å². The molecule has 2 aromatic heterocycles. The van der Waals surface area contributed by atoms with Crippen LogP contribution in [0.5, 0.6) is 0 Å². The molecular weight excluding hydrogens is 280 g/mol. The molecule has 2 aromatic rings. The molecule has 4 nitrogen and oxygen atoms in total. The van der Waals surface area contributed by atoms with Crippen molar-refractivity contribution in [1.82, 2.24) is 9.97 Å². The fourth-order valence-electron chi connectivity index (χ4n) is 2.53. The van der Waals surface area contributed by atoms with Gasteiger partial charge in [0.25, 0.3) is 0 Å². The molecule has 0 bridgehead atoms. The van der Waals surface area contributed by atoms with Gasteiger partial charge in [-0.1, -0.05) is 27.7 Å². The van der Waals surface area contributed by atoms with E-state index < -0.39 is 0 Å². The van der Waals surface area contributed by atoms with Gasteiger partial charge in [-0.2, -0.15) is 4.98 Å². The second kappa shape index (κ2) is 7.07. The van der Waals surface area contributed by atoms with Gasteiger partial charge in [0.05, 0.1) is 5.39 Å². The van der Waals surface area contributed by atoms with Crippen molar-refractivity contribution in [3.63, 3.8) is 0 Å². The third-order valence-electron chi connectivity index (χ3n) is 4.27. The maximum atomic E-state index is 4.71. The van der Waals surface area contributed by atoms with Gasteiger partial charge in [-0.05, 0) is 37.1 Å². The number of rotatable bonds is 8. The lowest BCUT2D eigenvalue weighted by atomic mass is 9.90. The van der Waals surface area contributed by atoms with E-state index in [0.717, 1.165) is 54.2 Å². The lowest BCUT2D eigenvalue weighted by Crippen LogP contribution is -2.36. The molecule has 0 radical (unpaired) electrons. The van der Waals surface area contributed by atoms with Gasteiger partial charge in [0.15, 0.2) is 0 Å². The van der Waals surface area contributed by atoms with E-state index in [-0.39, 0.29) is 5.54 Å². The lowest BCUT2D eigenvalue weighted by molar-refractivity contribution is 0.419. The predicted molar refractivity (Wildman–Crippen MR) is 93.4 cm³/mol. The summed E-state index contributed by atoms with van der Waals surface area (Å²) in [6, 6.07) is 2.11. The Morgan fingerprint density at radius 2 is 1.81 bits per heavy atom. The van der Waals surface area contributed by atoms with Gasteiger partial charge < -0.3 is 10.6 Å². The van der Waals surface area contributed by atoms with Crippen molar-refractivity contribution in [2.75, 3.05) is 17.2 Å². The molecule has 0 aliphatic carbocycles. The molecule has 2 heterocycles. The molecule has 0 saturated heterocycles. The largest absolute Gasteiger partial charge is 0.364 e. The first-order valence-electron chi connectivity index (χ1n) is 7.95. The zero-order valence-electron chi connectivity index (χ0n) is 13.5. The SMILES string of the molecule is CCCNc1nc(NC(CC)(CC)CC)c2ccsc2n1. The number of nitrogens with one attached hydrogen (secondary N) is 2. The van der Waals surface area contributed by atoms with Gasteiger partial charge in [0.2, 0.25) is 5.95 Å². The second-order valence-electron chi connectivity index (χ2n) is 5.43. The van der Waals surface area contributed by atoms with Crippen molar-refractivity contribution in [1.29, 1.82) is 0 Å². The average molecular weight is 306 g/mol.